The number of hydrogen-bond acceptors (Lipinski definition) is 2. The van der Waals surface area contributed by atoms with Gasteiger partial charge in [0.15, 0.2) is 6.61 Å². The van der Waals surface area contributed by atoms with Crippen LogP contribution in [0, 0.1) is 0 Å². The number of alkyl halides is 3. The number of nitrogens with one attached hydrogen (secondary N) is 1. The minimum atomic E-state index is -4.36. The largest absolute Gasteiger partial charge is 0.483 e. The molecule has 0 radical (unpaired) electrons. The highest BCUT2D eigenvalue weighted by atomic mass is 35.5. The van der Waals surface area contributed by atoms with Crippen LogP contribution in [0.5, 0.6) is 5.75 Å². The van der Waals surface area contributed by atoms with E-state index in [1.807, 2.05) is 13.8 Å². The summed E-state index contributed by atoms with van der Waals surface area (Å²) in [5.74, 6) is 0.0438. The van der Waals surface area contributed by atoms with Gasteiger partial charge in [-0.3, -0.25) is 0 Å². The molecule has 0 heterocycles. The standard InChI is InChI=1S/C12H15ClF3NO/c1-8(2)17-6-9-3-4-11(10(13)5-9)18-7-12(14,15)16/h3-5,8,17H,6-7H2,1-2H3. The number of ether oxygens (including phenoxy) is 1. The molecule has 0 saturated carbocycles. The van der Waals surface area contributed by atoms with Crippen molar-refractivity contribution < 1.29 is 17.9 Å². The Morgan fingerprint density at radius 1 is 1.33 bits per heavy atom. The second-order valence-electron chi connectivity index (χ2n) is 4.20. The Hall–Kier alpha value is -0.940. The topological polar surface area (TPSA) is 21.3 Å². The lowest BCUT2D eigenvalue weighted by atomic mass is 10.2. The van der Waals surface area contributed by atoms with Gasteiger partial charge in [-0.1, -0.05) is 31.5 Å². The average molecular weight is 282 g/mol. The smallest absolute Gasteiger partial charge is 0.422 e. The Morgan fingerprint density at radius 3 is 2.50 bits per heavy atom. The first kappa shape index (κ1) is 15.1. The van der Waals surface area contributed by atoms with Crippen LogP contribution < -0.4 is 10.1 Å². The van der Waals surface area contributed by atoms with Gasteiger partial charge in [0.1, 0.15) is 5.75 Å². The minimum Gasteiger partial charge on any atom is -0.483 e. The van der Waals surface area contributed by atoms with E-state index in [2.05, 4.69) is 10.1 Å². The van der Waals surface area contributed by atoms with Crippen LogP contribution in [0.4, 0.5) is 13.2 Å². The molecule has 0 amide bonds. The van der Waals surface area contributed by atoms with Crippen LogP contribution in [0.25, 0.3) is 0 Å². The van der Waals surface area contributed by atoms with Crippen molar-refractivity contribution in [3.05, 3.63) is 28.8 Å². The Balaban J connectivity index is 2.62. The Labute approximate surface area is 109 Å². The van der Waals surface area contributed by atoms with Crippen molar-refractivity contribution >= 4 is 11.6 Å². The quantitative estimate of drug-likeness (QED) is 0.887. The van der Waals surface area contributed by atoms with E-state index < -0.39 is 12.8 Å². The fraction of sp³-hybridized carbons (Fsp3) is 0.500. The van der Waals surface area contributed by atoms with Gasteiger partial charge in [-0.2, -0.15) is 13.2 Å². The van der Waals surface area contributed by atoms with E-state index in [1.165, 1.54) is 6.07 Å². The van der Waals surface area contributed by atoms with E-state index in [-0.39, 0.29) is 10.8 Å². The van der Waals surface area contributed by atoms with Gasteiger partial charge in [0.25, 0.3) is 0 Å². The van der Waals surface area contributed by atoms with Gasteiger partial charge in [0, 0.05) is 12.6 Å². The second-order valence-corrected chi connectivity index (χ2v) is 4.61. The van der Waals surface area contributed by atoms with Crippen molar-refractivity contribution in [2.24, 2.45) is 0 Å². The van der Waals surface area contributed by atoms with E-state index in [1.54, 1.807) is 12.1 Å². The van der Waals surface area contributed by atoms with E-state index in [0.29, 0.717) is 12.6 Å². The predicted molar refractivity (Wildman–Crippen MR) is 65.0 cm³/mol. The van der Waals surface area contributed by atoms with Gasteiger partial charge in [-0.25, -0.2) is 0 Å². The van der Waals surface area contributed by atoms with E-state index in [9.17, 15) is 13.2 Å². The summed E-state index contributed by atoms with van der Waals surface area (Å²) in [6.45, 7) is 3.28. The summed E-state index contributed by atoms with van der Waals surface area (Å²) >= 11 is 5.85. The molecule has 0 fully saturated rings. The van der Waals surface area contributed by atoms with Crippen molar-refractivity contribution in [3.63, 3.8) is 0 Å². The molecule has 0 unspecified atom stereocenters. The average Bonchev–Trinajstić information content (AvgIpc) is 2.23. The van der Waals surface area contributed by atoms with E-state index in [0.717, 1.165) is 5.56 Å². The van der Waals surface area contributed by atoms with Gasteiger partial charge in [0.2, 0.25) is 0 Å². The van der Waals surface area contributed by atoms with Gasteiger partial charge >= 0.3 is 6.18 Å². The summed E-state index contributed by atoms with van der Waals surface area (Å²) < 4.78 is 40.6. The molecule has 0 aliphatic rings. The van der Waals surface area contributed by atoms with Gasteiger partial charge in [-0.15, -0.1) is 0 Å². The molecule has 0 spiro atoms. The zero-order valence-corrected chi connectivity index (χ0v) is 10.9. The summed E-state index contributed by atoms with van der Waals surface area (Å²) in [6.07, 6.45) is -4.36. The second kappa shape index (κ2) is 6.29. The van der Waals surface area contributed by atoms with Crippen LogP contribution in [0.2, 0.25) is 5.02 Å². The molecular formula is C12H15ClF3NO. The summed E-state index contributed by atoms with van der Waals surface area (Å²) in [5, 5.41) is 3.37. The van der Waals surface area contributed by atoms with Crippen molar-refractivity contribution in [2.45, 2.75) is 32.6 Å². The number of hydrogen-bond donors (Lipinski definition) is 1. The van der Waals surface area contributed by atoms with E-state index in [4.69, 9.17) is 11.6 Å². The molecule has 1 N–H and O–H groups in total. The molecule has 2 nitrogen and oxygen atoms in total. The first-order valence-electron chi connectivity index (χ1n) is 5.49. The van der Waals surface area contributed by atoms with Crippen LogP contribution in [-0.2, 0) is 6.54 Å². The molecule has 1 rings (SSSR count). The van der Waals surface area contributed by atoms with Crippen molar-refractivity contribution in [2.75, 3.05) is 6.61 Å². The first-order chi connectivity index (χ1) is 8.28. The maximum Gasteiger partial charge on any atom is 0.422 e. The van der Waals surface area contributed by atoms with E-state index >= 15 is 0 Å². The molecule has 0 aromatic heterocycles. The molecule has 102 valence electrons. The normalized spacial score (nSPS) is 11.9. The molecule has 0 aliphatic carbocycles. The Bertz CT molecular complexity index is 393. The van der Waals surface area contributed by atoms with Crippen LogP contribution in [0.15, 0.2) is 18.2 Å². The van der Waals surface area contributed by atoms with Crippen LogP contribution >= 0.6 is 11.6 Å². The lowest BCUT2D eigenvalue weighted by Gasteiger charge is -2.12. The van der Waals surface area contributed by atoms with Gasteiger partial charge in [0.05, 0.1) is 5.02 Å². The molecule has 1 aromatic carbocycles. The van der Waals surface area contributed by atoms with Crippen LogP contribution in [0.1, 0.15) is 19.4 Å². The minimum absolute atomic E-state index is 0.0438. The zero-order chi connectivity index (χ0) is 13.8. The highest BCUT2D eigenvalue weighted by Crippen LogP contribution is 2.27. The Kier molecular flexibility index (Phi) is 5.28. The predicted octanol–water partition coefficient (Wildman–Crippen LogP) is 3.78. The molecule has 0 atom stereocenters. The lowest BCUT2D eigenvalue weighted by molar-refractivity contribution is -0.153. The maximum atomic E-state index is 12.0. The lowest BCUT2D eigenvalue weighted by Crippen LogP contribution is -2.22. The fourth-order valence-corrected chi connectivity index (χ4v) is 1.51. The molecule has 0 saturated heterocycles. The number of benzene rings is 1. The third kappa shape index (κ3) is 5.60. The summed E-state index contributed by atoms with van der Waals surface area (Å²) in [5.41, 5.74) is 0.896. The molecule has 0 aliphatic heterocycles. The third-order valence-electron chi connectivity index (χ3n) is 2.10. The van der Waals surface area contributed by atoms with Crippen molar-refractivity contribution in [3.8, 4) is 5.75 Å². The van der Waals surface area contributed by atoms with Crippen LogP contribution in [0.3, 0.4) is 0 Å². The first-order valence-corrected chi connectivity index (χ1v) is 5.87. The molecule has 0 bridgehead atoms. The summed E-state index contributed by atoms with van der Waals surface area (Å²) in [6, 6.07) is 5.06. The fourth-order valence-electron chi connectivity index (χ4n) is 1.25. The molecule has 18 heavy (non-hydrogen) atoms. The molecule has 1 aromatic rings. The van der Waals surface area contributed by atoms with Gasteiger partial charge < -0.3 is 10.1 Å². The van der Waals surface area contributed by atoms with Crippen molar-refractivity contribution in [1.82, 2.24) is 5.32 Å². The van der Waals surface area contributed by atoms with Crippen molar-refractivity contribution in [1.29, 1.82) is 0 Å². The van der Waals surface area contributed by atoms with Gasteiger partial charge in [-0.05, 0) is 17.7 Å². The third-order valence-corrected chi connectivity index (χ3v) is 2.40. The number of rotatable bonds is 5. The SMILES string of the molecule is CC(C)NCc1ccc(OCC(F)(F)F)c(Cl)c1. The monoisotopic (exact) mass is 281 g/mol. The highest BCUT2D eigenvalue weighted by Gasteiger charge is 2.28. The molecular weight excluding hydrogens is 267 g/mol. The van der Waals surface area contributed by atoms with Crippen LogP contribution in [-0.4, -0.2) is 18.8 Å². The molecule has 6 heteroatoms. The summed E-state index contributed by atoms with van der Waals surface area (Å²) in [7, 11) is 0. The zero-order valence-electron chi connectivity index (χ0n) is 10.1. The highest BCUT2D eigenvalue weighted by molar-refractivity contribution is 6.32. The summed E-state index contributed by atoms with van der Waals surface area (Å²) in [4.78, 5) is 0. The maximum absolute atomic E-state index is 12.0. The Morgan fingerprint density at radius 2 is 2.00 bits per heavy atom. The number of halogens is 4.